The number of nitrogens with two attached hydrogens (primary N) is 1. The summed E-state index contributed by atoms with van der Waals surface area (Å²) in [4.78, 5) is 15.6. The fourth-order valence-corrected chi connectivity index (χ4v) is 4.25. The van der Waals surface area contributed by atoms with Crippen molar-refractivity contribution in [1.29, 1.82) is 0 Å². The van der Waals surface area contributed by atoms with Crippen LogP contribution in [-0.2, 0) is 6.54 Å². The molecular formula is C23H25N9O2. The maximum atomic E-state index is 13.3. The van der Waals surface area contributed by atoms with Gasteiger partial charge in [-0.05, 0) is 53.9 Å². The molecule has 3 N–H and O–H groups in total. The zero-order valence-electron chi connectivity index (χ0n) is 18.8. The Labute approximate surface area is 195 Å². The molecule has 0 spiro atoms. The molecule has 0 bridgehead atoms. The van der Waals surface area contributed by atoms with Crippen molar-refractivity contribution in [3.63, 3.8) is 0 Å². The predicted molar refractivity (Wildman–Crippen MR) is 126 cm³/mol. The van der Waals surface area contributed by atoms with Gasteiger partial charge < -0.3 is 5.73 Å². The summed E-state index contributed by atoms with van der Waals surface area (Å²) in [7, 11) is 0. The van der Waals surface area contributed by atoms with Crippen LogP contribution in [0, 0.1) is 0 Å². The summed E-state index contributed by atoms with van der Waals surface area (Å²) in [5.41, 5.74) is 10.8. The van der Waals surface area contributed by atoms with Crippen LogP contribution in [0.15, 0.2) is 52.2 Å². The summed E-state index contributed by atoms with van der Waals surface area (Å²) < 4.78 is 5.96. The summed E-state index contributed by atoms with van der Waals surface area (Å²) in [5, 5.41) is 22.3. The number of hydrazone groups is 1. The highest BCUT2D eigenvalue weighted by molar-refractivity contribution is 6.10. The lowest BCUT2D eigenvalue weighted by atomic mass is 10.0. The van der Waals surface area contributed by atoms with Gasteiger partial charge in [-0.3, -0.25) is 9.69 Å². The molecular weight excluding hydrogens is 434 g/mol. The number of likely N-dealkylation sites (tertiary alicyclic amines) is 1. The van der Waals surface area contributed by atoms with Crippen LogP contribution in [0.2, 0.25) is 0 Å². The average Bonchev–Trinajstić information content (AvgIpc) is 3.48. The zero-order valence-corrected chi connectivity index (χ0v) is 18.8. The van der Waals surface area contributed by atoms with Crippen molar-refractivity contribution in [3.05, 3.63) is 59.4 Å². The number of aromatic nitrogens is 5. The predicted octanol–water partition coefficient (Wildman–Crippen LogP) is 2.53. The van der Waals surface area contributed by atoms with E-state index >= 15 is 0 Å². The second-order valence-corrected chi connectivity index (χ2v) is 8.27. The SMILES string of the molecule is CC(=NNC(=O)c1c(CN2CCCCC2)nnn1-c1nonc1N)c1cccc2ccccc12. The third kappa shape index (κ3) is 4.25. The Kier molecular flexibility index (Phi) is 6.00. The molecule has 0 aliphatic carbocycles. The van der Waals surface area contributed by atoms with Gasteiger partial charge in [0.05, 0.1) is 5.71 Å². The van der Waals surface area contributed by atoms with E-state index in [9.17, 15) is 4.79 Å². The van der Waals surface area contributed by atoms with Gasteiger partial charge in [0.1, 0.15) is 5.69 Å². The normalized spacial score (nSPS) is 15.0. The van der Waals surface area contributed by atoms with Crippen molar-refractivity contribution in [2.45, 2.75) is 32.7 Å². The van der Waals surface area contributed by atoms with Crippen molar-refractivity contribution in [1.82, 2.24) is 35.6 Å². The van der Waals surface area contributed by atoms with Gasteiger partial charge in [-0.15, -0.1) is 5.10 Å². The van der Waals surface area contributed by atoms with E-state index in [1.54, 1.807) is 0 Å². The van der Waals surface area contributed by atoms with Crippen LogP contribution in [0.5, 0.6) is 0 Å². The van der Waals surface area contributed by atoms with Crippen molar-refractivity contribution < 1.29 is 9.42 Å². The number of benzene rings is 2. The number of hydrogen-bond acceptors (Lipinski definition) is 9. The number of hydrogen-bond donors (Lipinski definition) is 2. The molecule has 0 atom stereocenters. The minimum atomic E-state index is -0.473. The number of rotatable bonds is 6. The first-order valence-electron chi connectivity index (χ1n) is 11.2. The van der Waals surface area contributed by atoms with E-state index in [0.717, 1.165) is 42.3 Å². The highest BCUT2D eigenvalue weighted by atomic mass is 16.6. The Balaban J connectivity index is 1.46. The molecule has 0 radical (unpaired) electrons. The van der Waals surface area contributed by atoms with Gasteiger partial charge in [0.25, 0.3) is 5.91 Å². The molecule has 1 aliphatic heterocycles. The quantitative estimate of drug-likeness (QED) is 0.331. The molecule has 2 aromatic carbocycles. The van der Waals surface area contributed by atoms with Crippen molar-refractivity contribution in [2.24, 2.45) is 5.10 Å². The molecule has 4 aromatic rings. The molecule has 1 amide bonds. The molecule has 1 aliphatic rings. The fourth-order valence-electron chi connectivity index (χ4n) is 4.25. The highest BCUT2D eigenvalue weighted by Crippen LogP contribution is 2.21. The van der Waals surface area contributed by atoms with E-state index in [4.69, 9.17) is 10.4 Å². The van der Waals surface area contributed by atoms with Crippen LogP contribution in [0.3, 0.4) is 0 Å². The van der Waals surface area contributed by atoms with Crippen LogP contribution in [0.1, 0.15) is 47.9 Å². The van der Waals surface area contributed by atoms with Crippen LogP contribution in [-0.4, -0.2) is 54.9 Å². The highest BCUT2D eigenvalue weighted by Gasteiger charge is 2.26. The van der Waals surface area contributed by atoms with Crippen LogP contribution >= 0.6 is 0 Å². The molecule has 5 rings (SSSR count). The van der Waals surface area contributed by atoms with E-state index in [0.29, 0.717) is 18.0 Å². The minimum absolute atomic E-state index is 0.0129. The molecule has 2 aromatic heterocycles. The number of nitrogen functional groups attached to an aromatic ring is 1. The summed E-state index contributed by atoms with van der Waals surface area (Å²) in [5.74, 6) is -0.352. The van der Waals surface area contributed by atoms with E-state index in [1.807, 2.05) is 49.4 Å². The van der Waals surface area contributed by atoms with E-state index in [2.05, 4.69) is 36.1 Å². The lowest BCUT2D eigenvalue weighted by Gasteiger charge is -2.25. The lowest BCUT2D eigenvalue weighted by Crippen LogP contribution is -2.31. The van der Waals surface area contributed by atoms with E-state index < -0.39 is 5.91 Å². The van der Waals surface area contributed by atoms with Gasteiger partial charge in [0, 0.05) is 12.1 Å². The Morgan fingerprint density at radius 2 is 1.91 bits per heavy atom. The van der Waals surface area contributed by atoms with Gasteiger partial charge in [-0.1, -0.05) is 54.1 Å². The number of nitrogens with one attached hydrogen (secondary N) is 1. The Morgan fingerprint density at radius 3 is 2.71 bits per heavy atom. The standard InChI is InChI=1S/C23H25N9O2/c1-15(17-11-7-9-16-8-3-4-10-18(16)17)25-27-23(33)20-19(14-31-12-5-2-6-13-31)26-30-32(20)22-21(24)28-34-29-22/h3-4,7-11H,2,5-6,12-14H2,1H3,(H2,24,28)(H,27,33). The van der Waals surface area contributed by atoms with Gasteiger partial charge >= 0.3 is 0 Å². The second-order valence-electron chi connectivity index (χ2n) is 8.27. The Morgan fingerprint density at radius 1 is 1.12 bits per heavy atom. The molecule has 0 unspecified atom stereocenters. The number of carbonyl (C=O) groups is 1. The van der Waals surface area contributed by atoms with Crippen LogP contribution in [0.4, 0.5) is 5.82 Å². The molecule has 0 saturated carbocycles. The van der Waals surface area contributed by atoms with Crippen molar-refractivity contribution >= 4 is 28.2 Å². The third-order valence-electron chi connectivity index (χ3n) is 5.98. The number of nitrogens with zero attached hydrogens (tertiary/aromatic N) is 7. The smallest absolute Gasteiger partial charge is 0.292 e. The van der Waals surface area contributed by atoms with Gasteiger partial charge in [0.15, 0.2) is 5.69 Å². The average molecular weight is 460 g/mol. The number of fused-ring (bicyclic) bond motifs is 1. The van der Waals surface area contributed by atoms with E-state index in [1.165, 1.54) is 11.1 Å². The zero-order chi connectivity index (χ0) is 23.5. The monoisotopic (exact) mass is 459 g/mol. The molecule has 174 valence electrons. The number of anilines is 1. The first-order chi connectivity index (χ1) is 16.6. The molecule has 34 heavy (non-hydrogen) atoms. The maximum Gasteiger partial charge on any atom is 0.292 e. The fraction of sp³-hybridized carbons (Fsp3) is 0.304. The number of amides is 1. The summed E-state index contributed by atoms with van der Waals surface area (Å²) >= 11 is 0. The number of piperidine rings is 1. The van der Waals surface area contributed by atoms with Gasteiger partial charge in [0.2, 0.25) is 11.6 Å². The van der Waals surface area contributed by atoms with E-state index in [-0.39, 0.29) is 17.3 Å². The first kappa shape index (κ1) is 21.7. The van der Waals surface area contributed by atoms with Crippen molar-refractivity contribution in [3.8, 4) is 5.82 Å². The molecule has 1 fully saturated rings. The molecule has 11 nitrogen and oxygen atoms in total. The van der Waals surface area contributed by atoms with Crippen molar-refractivity contribution in [2.75, 3.05) is 18.8 Å². The summed E-state index contributed by atoms with van der Waals surface area (Å²) in [6.45, 7) is 4.23. The Hall–Kier alpha value is -4.12. The molecule has 3 heterocycles. The third-order valence-corrected chi connectivity index (χ3v) is 5.98. The molecule has 1 saturated heterocycles. The van der Waals surface area contributed by atoms with Crippen LogP contribution < -0.4 is 11.2 Å². The topological polar surface area (TPSA) is 140 Å². The largest absolute Gasteiger partial charge is 0.378 e. The van der Waals surface area contributed by atoms with Gasteiger partial charge in [-0.25, -0.2) is 10.1 Å². The number of carbonyl (C=O) groups excluding carboxylic acids is 1. The van der Waals surface area contributed by atoms with Gasteiger partial charge in [-0.2, -0.15) is 9.78 Å². The maximum absolute atomic E-state index is 13.3. The minimum Gasteiger partial charge on any atom is -0.378 e. The summed E-state index contributed by atoms with van der Waals surface area (Å²) in [6.07, 6.45) is 3.44. The lowest BCUT2D eigenvalue weighted by molar-refractivity contribution is 0.0944. The Bertz CT molecular complexity index is 1350. The summed E-state index contributed by atoms with van der Waals surface area (Å²) in [6, 6.07) is 14.0. The first-order valence-corrected chi connectivity index (χ1v) is 11.2. The van der Waals surface area contributed by atoms with Crippen LogP contribution in [0.25, 0.3) is 16.6 Å². The second kappa shape index (κ2) is 9.40. The molecule has 11 heteroatoms.